The summed E-state index contributed by atoms with van der Waals surface area (Å²) in [5, 5.41) is 12.4. The molecule has 0 unspecified atom stereocenters. The molecule has 0 aromatic carbocycles. The Morgan fingerprint density at radius 2 is 1.95 bits per heavy atom. The molecule has 0 aliphatic heterocycles. The second kappa shape index (κ2) is 6.06. The van der Waals surface area contributed by atoms with Gasteiger partial charge in [0.25, 0.3) is 5.91 Å². The summed E-state index contributed by atoms with van der Waals surface area (Å²) in [5.74, 6) is -1.28. The molecule has 2 rings (SSSR count). The molecule has 1 aliphatic rings. The lowest BCUT2D eigenvalue weighted by molar-refractivity contribution is -0.139. The smallest absolute Gasteiger partial charge is 0.305 e. The van der Waals surface area contributed by atoms with Gasteiger partial charge in [0.15, 0.2) is 0 Å². The van der Waals surface area contributed by atoms with E-state index in [9.17, 15) is 9.59 Å². The maximum Gasteiger partial charge on any atom is 0.305 e. The highest BCUT2D eigenvalue weighted by atomic mass is 35.5. The molecule has 1 aromatic rings. The summed E-state index contributed by atoms with van der Waals surface area (Å²) in [6, 6.07) is 1.44. The molecule has 7 heteroatoms. The Balaban J connectivity index is 2.14. The Hall–Kier alpha value is -1.20. The monoisotopic (exact) mass is 318 g/mol. The summed E-state index contributed by atoms with van der Waals surface area (Å²) in [6.45, 7) is 0. The van der Waals surface area contributed by atoms with Crippen LogP contribution in [0, 0.1) is 0 Å². The van der Waals surface area contributed by atoms with Crippen LogP contribution in [0.2, 0.25) is 10.2 Å². The minimum absolute atomic E-state index is 0.0685. The molecule has 1 aliphatic carbocycles. The average Bonchev–Trinajstić information content (AvgIpc) is 2.69. The maximum absolute atomic E-state index is 12.2. The van der Waals surface area contributed by atoms with E-state index in [1.807, 2.05) is 0 Å². The molecule has 1 aromatic heterocycles. The lowest BCUT2D eigenvalue weighted by atomic mass is 9.79. The Morgan fingerprint density at radius 3 is 2.45 bits per heavy atom. The highest BCUT2D eigenvalue weighted by Crippen LogP contribution is 2.32. The summed E-state index contributed by atoms with van der Waals surface area (Å²) < 4.78 is 0. The second-order valence-corrected chi connectivity index (χ2v) is 6.00. The SMILES string of the molecule is O=C(O)CC1(NC(=O)c2cc(Cl)c(Cl)[nH]2)CCCCC1. The largest absolute Gasteiger partial charge is 0.481 e. The number of carbonyl (C=O) groups is 2. The van der Waals surface area contributed by atoms with Gasteiger partial charge in [0.05, 0.1) is 17.0 Å². The predicted molar refractivity (Wildman–Crippen MR) is 76.3 cm³/mol. The van der Waals surface area contributed by atoms with E-state index in [0.717, 1.165) is 19.3 Å². The van der Waals surface area contributed by atoms with Gasteiger partial charge in [0, 0.05) is 0 Å². The molecular weight excluding hydrogens is 303 g/mol. The first-order chi connectivity index (χ1) is 9.42. The number of rotatable bonds is 4. The zero-order valence-electron chi connectivity index (χ0n) is 10.8. The Morgan fingerprint density at radius 1 is 1.30 bits per heavy atom. The van der Waals surface area contributed by atoms with Crippen molar-refractivity contribution in [2.45, 2.75) is 44.1 Å². The summed E-state index contributed by atoms with van der Waals surface area (Å²) >= 11 is 11.6. The number of halogens is 2. The van der Waals surface area contributed by atoms with Gasteiger partial charge in [-0.25, -0.2) is 0 Å². The van der Waals surface area contributed by atoms with Crippen LogP contribution in [0.1, 0.15) is 49.0 Å². The number of aromatic amines is 1. The topological polar surface area (TPSA) is 82.2 Å². The van der Waals surface area contributed by atoms with Crippen LogP contribution >= 0.6 is 23.2 Å². The molecule has 0 spiro atoms. The number of carboxylic acids is 1. The van der Waals surface area contributed by atoms with E-state index in [-0.39, 0.29) is 28.2 Å². The molecular formula is C13H16Cl2N2O3. The van der Waals surface area contributed by atoms with Crippen molar-refractivity contribution in [1.82, 2.24) is 10.3 Å². The highest BCUT2D eigenvalue weighted by Gasteiger charge is 2.36. The summed E-state index contributed by atoms with van der Waals surface area (Å²) in [4.78, 5) is 25.9. The number of nitrogens with one attached hydrogen (secondary N) is 2. The van der Waals surface area contributed by atoms with Gasteiger partial charge in [-0.2, -0.15) is 0 Å². The summed E-state index contributed by atoms with van der Waals surface area (Å²) in [7, 11) is 0. The van der Waals surface area contributed by atoms with Crippen LogP contribution in [0.5, 0.6) is 0 Å². The third-order valence-electron chi connectivity index (χ3n) is 3.65. The molecule has 0 radical (unpaired) electrons. The van der Waals surface area contributed by atoms with E-state index < -0.39 is 11.5 Å². The van der Waals surface area contributed by atoms with E-state index >= 15 is 0 Å². The standard InChI is InChI=1S/C13H16Cl2N2O3/c14-8-6-9(16-11(8)15)12(20)17-13(7-10(18)19)4-2-1-3-5-13/h6,16H,1-5,7H2,(H,17,20)(H,18,19). The predicted octanol–water partition coefficient (Wildman–Crippen LogP) is 3.23. The first kappa shape index (κ1) is 15.2. The lowest BCUT2D eigenvalue weighted by Gasteiger charge is -2.36. The van der Waals surface area contributed by atoms with Crippen LogP contribution in [0.3, 0.4) is 0 Å². The number of carboxylic acid groups (broad SMARTS) is 1. The van der Waals surface area contributed by atoms with Gasteiger partial charge >= 0.3 is 5.97 Å². The van der Waals surface area contributed by atoms with E-state index in [1.165, 1.54) is 6.07 Å². The van der Waals surface area contributed by atoms with Crippen LogP contribution in [-0.2, 0) is 4.79 Å². The van der Waals surface area contributed by atoms with Crippen molar-refractivity contribution in [2.75, 3.05) is 0 Å². The quantitative estimate of drug-likeness (QED) is 0.797. The van der Waals surface area contributed by atoms with E-state index in [0.29, 0.717) is 12.8 Å². The molecule has 0 atom stereocenters. The molecule has 110 valence electrons. The fourth-order valence-electron chi connectivity index (χ4n) is 2.70. The zero-order chi connectivity index (χ0) is 14.8. The molecule has 0 saturated heterocycles. The van der Waals surface area contributed by atoms with Crippen LogP contribution in [0.25, 0.3) is 0 Å². The van der Waals surface area contributed by atoms with E-state index in [4.69, 9.17) is 28.3 Å². The lowest BCUT2D eigenvalue weighted by Crippen LogP contribution is -2.51. The Labute approximate surface area is 126 Å². The van der Waals surface area contributed by atoms with Crippen molar-refractivity contribution in [1.29, 1.82) is 0 Å². The second-order valence-electron chi connectivity index (χ2n) is 5.21. The molecule has 3 N–H and O–H groups in total. The molecule has 1 heterocycles. The van der Waals surface area contributed by atoms with Crippen molar-refractivity contribution < 1.29 is 14.7 Å². The molecule has 1 amide bonds. The third kappa shape index (κ3) is 3.46. The van der Waals surface area contributed by atoms with Crippen LogP contribution in [-0.4, -0.2) is 27.5 Å². The minimum atomic E-state index is -0.908. The van der Waals surface area contributed by atoms with E-state index in [2.05, 4.69) is 10.3 Å². The zero-order valence-corrected chi connectivity index (χ0v) is 12.4. The number of aliphatic carboxylic acids is 1. The summed E-state index contributed by atoms with van der Waals surface area (Å²) in [6.07, 6.45) is 4.18. The van der Waals surface area contributed by atoms with Gasteiger partial charge in [0.2, 0.25) is 0 Å². The van der Waals surface area contributed by atoms with Gasteiger partial charge in [-0.1, -0.05) is 42.5 Å². The van der Waals surface area contributed by atoms with Crippen LogP contribution in [0.15, 0.2) is 6.07 Å². The van der Waals surface area contributed by atoms with Gasteiger partial charge in [-0.3, -0.25) is 9.59 Å². The normalized spacial score (nSPS) is 17.7. The number of hydrogen-bond acceptors (Lipinski definition) is 2. The first-order valence-corrected chi connectivity index (χ1v) is 7.26. The summed E-state index contributed by atoms with van der Waals surface area (Å²) in [5.41, 5.74) is -0.430. The number of hydrogen-bond donors (Lipinski definition) is 3. The van der Waals surface area contributed by atoms with Gasteiger partial charge < -0.3 is 15.4 Å². The molecule has 0 bridgehead atoms. The van der Waals surface area contributed by atoms with Crippen molar-refractivity contribution in [3.8, 4) is 0 Å². The number of amides is 1. The Bertz CT molecular complexity index is 502. The Kier molecular flexibility index (Phi) is 4.60. The van der Waals surface area contributed by atoms with Gasteiger partial charge in [-0.05, 0) is 18.9 Å². The molecule has 20 heavy (non-hydrogen) atoms. The van der Waals surface area contributed by atoms with Gasteiger partial charge in [0.1, 0.15) is 10.8 Å². The van der Waals surface area contributed by atoms with Gasteiger partial charge in [-0.15, -0.1) is 0 Å². The average molecular weight is 319 g/mol. The van der Waals surface area contributed by atoms with Crippen molar-refractivity contribution in [3.63, 3.8) is 0 Å². The fraction of sp³-hybridized carbons (Fsp3) is 0.538. The number of H-pyrrole nitrogens is 1. The molecule has 1 saturated carbocycles. The maximum atomic E-state index is 12.2. The molecule has 5 nitrogen and oxygen atoms in total. The molecule has 1 fully saturated rings. The van der Waals surface area contributed by atoms with E-state index in [1.54, 1.807) is 0 Å². The fourth-order valence-corrected chi connectivity index (χ4v) is 3.01. The third-order valence-corrected chi connectivity index (χ3v) is 4.34. The van der Waals surface area contributed by atoms with Crippen molar-refractivity contribution >= 4 is 35.1 Å². The van der Waals surface area contributed by atoms with Crippen molar-refractivity contribution in [3.05, 3.63) is 21.9 Å². The number of aromatic nitrogens is 1. The first-order valence-electron chi connectivity index (χ1n) is 6.50. The minimum Gasteiger partial charge on any atom is -0.481 e. The van der Waals surface area contributed by atoms with Crippen LogP contribution < -0.4 is 5.32 Å². The number of carbonyl (C=O) groups excluding carboxylic acids is 1. The van der Waals surface area contributed by atoms with Crippen LogP contribution in [0.4, 0.5) is 0 Å². The highest BCUT2D eigenvalue weighted by molar-refractivity contribution is 6.41. The van der Waals surface area contributed by atoms with Crippen molar-refractivity contribution in [2.24, 2.45) is 0 Å².